The van der Waals surface area contributed by atoms with Gasteiger partial charge < -0.3 is 4.42 Å². The van der Waals surface area contributed by atoms with E-state index in [1.54, 1.807) is 18.8 Å². The molecule has 0 saturated carbocycles. The highest BCUT2D eigenvalue weighted by molar-refractivity contribution is 5.75. The highest BCUT2D eigenvalue weighted by atomic mass is 16.3. The molecule has 2 aromatic heterocycles. The first kappa shape index (κ1) is 8.23. The van der Waals surface area contributed by atoms with Crippen molar-refractivity contribution >= 4 is 11.1 Å². The molecule has 0 aromatic carbocycles. The molecule has 2 rings (SSSR count). The standard InChI is InChI=1S/C10H12N2O/c1-3-7(2)8-5-13-9-4-11-6-12-10(8)9/h4-7H,3H2,1-2H3. The lowest BCUT2D eigenvalue weighted by Crippen LogP contribution is -1.90. The van der Waals surface area contributed by atoms with Gasteiger partial charge in [0.05, 0.1) is 12.5 Å². The molecule has 0 saturated heterocycles. The van der Waals surface area contributed by atoms with Gasteiger partial charge in [-0.3, -0.25) is 0 Å². The van der Waals surface area contributed by atoms with Gasteiger partial charge in [0.25, 0.3) is 0 Å². The van der Waals surface area contributed by atoms with Crippen LogP contribution in [0.25, 0.3) is 11.1 Å². The second-order valence-corrected chi connectivity index (χ2v) is 3.24. The molecule has 2 heterocycles. The van der Waals surface area contributed by atoms with E-state index in [2.05, 4.69) is 23.8 Å². The molecule has 3 heteroatoms. The van der Waals surface area contributed by atoms with E-state index in [0.717, 1.165) is 17.5 Å². The van der Waals surface area contributed by atoms with Crippen molar-refractivity contribution in [3.05, 3.63) is 24.4 Å². The molecule has 0 amide bonds. The van der Waals surface area contributed by atoms with Gasteiger partial charge in [-0.1, -0.05) is 13.8 Å². The minimum Gasteiger partial charge on any atom is -0.461 e. The van der Waals surface area contributed by atoms with Gasteiger partial charge in [0.15, 0.2) is 5.58 Å². The minimum absolute atomic E-state index is 0.496. The Balaban J connectivity index is 2.57. The molecule has 2 aromatic rings. The lowest BCUT2D eigenvalue weighted by molar-refractivity contribution is 0.599. The number of furan rings is 1. The summed E-state index contributed by atoms with van der Waals surface area (Å²) in [6, 6.07) is 0. The summed E-state index contributed by atoms with van der Waals surface area (Å²) in [5.74, 6) is 0.496. The summed E-state index contributed by atoms with van der Waals surface area (Å²) in [6.45, 7) is 4.33. The van der Waals surface area contributed by atoms with Crippen LogP contribution in [0.5, 0.6) is 0 Å². The Hall–Kier alpha value is -1.38. The van der Waals surface area contributed by atoms with E-state index < -0.39 is 0 Å². The Kier molecular flexibility index (Phi) is 2.00. The summed E-state index contributed by atoms with van der Waals surface area (Å²) in [5.41, 5.74) is 2.90. The molecule has 1 atom stereocenters. The smallest absolute Gasteiger partial charge is 0.170 e. The van der Waals surface area contributed by atoms with Crippen molar-refractivity contribution in [1.82, 2.24) is 9.97 Å². The average Bonchev–Trinajstić information content (AvgIpc) is 2.60. The maximum Gasteiger partial charge on any atom is 0.170 e. The molecule has 0 radical (unpaired) electrons. The van der Waals surface area contributed by atoms with Crippen LogP contribution in [0.15, 0.2) is 23.2 Å². The Morgan fingerprint density at radius 3 is 3.15 bits per heavy atom. The summed E-state index contributed by atoms with van der Waals surface area (Å²) < 4.78 is 5.35. The second kappa shape index (κ2) is 3.17. The Morgan fingerprint density at radius 1 is 1.54 bits per heavy atom. The molecule has 0 bridgehead atoms. The van der Waals surface area contributed by atoms with Crippen LogP contribution in [0.1, 0.15) is 31.7 Å². The van der Waals surface area contributed by atoms with Crippen molar-refractivity contribution in [3.8, 4) is 0 Å². The maximum absolute atomic E-state index is 5.35. The quantitative estimate of drug-likeness (QED) is 0.706. The van der Waals surface area contributed by atoms with Gasteiger partial charge in [-0.2, -0.15) is 0 Å². The number of fused-ring (bicyclic) bond motifs is 1. The first-order chi connectivity index (χ1) is 6.33. The number of aromatic nitrogens is 2. The molecule has 3 nitrogen and oxygen atoms in total. The van der Waals surface area contributed by atoms with Gasteiger partial charge in [0, 0.05) is 5.56 Å². The molecule has 0 aliphatic carbocycles. The van der Waals surface area contributed by atoms with Gasteiger partial charge in [0.1, 0.15) is 11.8 Å². The molecule has 68 valence electrons. The lowest BCUT2D eigenvalue weighted by atomic mass is 10.0. The van der Waals surface area contributed by atoms with E-state index in [0.29, 0.717) is 5.92 Å². The van der Waals surface area contributed by atoms with Crippen molar-refractivity contribution in [2.75, 3.05) is 0 Å². The first-order valence-electron chi connectivity index (χ1n) is 4.50. The Bertz CT molecular complexity index is 408. The summed E-state index contributed by atoms with van der Waals surface area (Å²) >= 11 is 0. The van der Waals surface area contributed by atoms with E-state index in [4.69, 9.17) is 4.42 Å². The van der Waals surface area contributed by atoms with E-state index in [1.807, 2.05) is 0 Å². The van der Waals surface area contributed by atoms with Gasteiger partial charge in [0.2, 0.25) is 0 Å². The molecule has 13 heavy (non-hydrogen) atoms. The van der Waals surface area contributed by atoms with E-state index in [1.165, 1.54) is 5.56 Å². The van der Waals surface area contributed by atoms with Gasteiger partial charge in [-0.15, -0.1) is 0 Å². The fourth-order valence-corrected chi connectivity index (χ4v) is 1.37. The zero-order valence-electron chi connectivity index (χ0n) is 7.82. The largest absolute Gasteiger partial charge is 0.461 e. The molecule has 0 spiro atoms. The van der Waals surface area contributed by atoms with Crippen LogP contribution >= 0.6 is 0 Å². The van der Waals surface area contributed by atoms with Crippen LogP contribution in [-0.2, 0) is 0 Å². The predicted molar refractivity (Wildman–Crippen MR) is 50.5 cm³/mol. The van der Waals surface area contributed by atoms with Crippen LogP contribution in [0.3, 0.4) is 0 Å². The van der Waals surface area contributed by atoms with Gasteiger partial charge in [-0.05, 0) is 12.3 Å². The van der Waals surface area contributed by atoms with Gasteiger partial charge >= 0.3 is 0 Å². The number of hydrogen-bond acceptors (Lipinski definition) is 3. The molecule has 0 aliphatic heterocycles. The monoisotopic (exact) mass is 176 g/mol. The fraction of sp³-hybridized carbons (Fsp3) is 0.400. The van der Waals surface area contributed by atoms with Crippen LogP contribution in [0, 0.1) is 0 Å². The summed E-state index contributed by atoms with van der Waals surface area (Å²) in [6.07, 6.45) is 6.14. The zero-order chi connectivity index (χ0) is 9.26. The van der Waals surface area contributed by atoms with Crippen molar-refractivity contribution in [2.45, 2.75) is 26.2 Å². The number of hydrogen-bond donors (Lipinski definition) is 0. The highest BCUT2D eigenvalue weighted by Gasteiger charge is 2.11. The van der Waals surface area contributed by atoms with E-state index >= 15 is 0 Å². The van der Waals surface area contributed by atoms with Crippen molar-refractivity contribution < 1.29 is 4.42 Å². The Labute approximate surface area is 76.8 Å². The maximum atomic E-state index is 5.35. The second-order valence-electron chi connectivity index (χ2n) is 3.24. The summed E-state index contributed by atoms with van der Waals surface area (Å²) in [4.78, 5) is 8.11. The summed E-state index contributed by atoms with van der Waals surface area (Å²) in [7, 11) is 0. The third-order valence-corrected chi connectivity index (χ3v) is 2.41. The van der Waals surface area contributed by atoms with Crippen LogP contribution in [-0.4, -0.2) is 9.97 Å². The summed E-state index contributed by atoms with van der Waals surface area (Å²) in [5, 5.41) is 0. The third-order valence-electron chi connectivity index (χ3n) is 2.41. The topological polar surface area (TPSA) is 38.9 Å². The fourth-order valence-electron chi connectivity index (χ4n) is 1.37. The molecule has 0 N–H and O–H groups in total. The van der Waals surface area contributed by atoms with Crippen LogP contribution in [0.4, 0.5) is 0 Å². The van der Waals surface area contributed by atoms with Gasteiger partial charge in [-0.25, -0.2) is 9.97 Å². The minimum atomic E-state index is 0.496. The van der Waals surface area contributed by atoms with E-state index in [9.17, 15) is 0 Å². The first-order valence-corrected chi connectivity index (χ1v) is 4.50. The average molecular weight is 176 g/mol. The normalized spacial score (nSPS) is 13.4. The molecular weight excluding hydrogens is 164 g/mol. The van der Waals surface area contributed by atoms with Crippen molar-refractivity contribution in [3.63, 3.8) is 0 Å². The zero-order valence-corrected chi connectivity index (χ0v) is 7.82. The predicted octanol–water partition coefficient (Wildman–Crippen LogP) is 2.74. The molecule has 0 fully saturated rings. The third kappa shape index (κ3) is 1.30. The number of rotatable bonds is 2. The molecule has 0 aliphatic rings. The highest BCUT2D eigenvalue weighted by Crippen LogP contribution is 2.26. The van der Waals surface area contributed by atoms with Crippen LogP contribution in [0.2, 0.25) is 0 Å². The lowest BCUT2D eigenvalue weighted by Gasteiger charge is -2.03. The van der Waals surface area contributed by atoms with Crippen molar-refractivity contribution in [1.29, 1.82) is 0 Å². The SMILES string of the molecule is CCC(C)c1coc2cncnc12. The van der Waals surface area contributed by atoms with Crippen LogP contribution < -0.4 is 0 Å². The molecular formula is C10H12N2O. The number of nitrogens with zero attached hydrogens (tertiary/aromatic N) is 2. The van der Waals surface area contributed by atoms with Crippen molar-refractivity contribution in [2.24, 2.45) is 0 Å². The molecule has 1 unspecified atom stereocenters. The Morgan fingerprint density at radius 2 is 2.38 bits per heavy atom. The van der Waals surface area contributed by atoms with E-state index in [-0.39, 0.29) is 0 Å².